The number of fused-ring (bicyclic) bond motifs is 1. The van der Waals surface area contributed by atoms with Crippen molar-refractivity contribution < 1.29 is 14.6 Å². The lowest BCUT2D eigenvalue weighted by Gasteiger charge is -2.29. The van der Waals surface area contributed by atoms with Crippen molar-refractivity contribution in [2.24, 2.45) is 11.8 Å². The number of hydrogen-bond acceptors (Lipinski definition) is 4. The molecule has 1 aromatic carbocycles. The quantitative estimate of drug-likeness (QED) is 0.754. The number of carboxylic acids is 1. The van der Waals surface area contributed by atoms with Crippen LogP contribution >= 0.6 is 0 Å². The van der Waals surface area contributed by atoms with E-state index in [1.54, 1.807) is 0 Å². The average molecular weight is 397 g/mol. The molecule has 1 aromatic heterocycles. The van der Waals surface area contributed by atoms with Crippen LogP contribution in [0.3, 0.4) is 0 Å². The minimum atomic E-state index is -0.662. The van der Waals surface area contributed by atoms with Crippen LogP contribution in [0.15, 0.2) is 30.3 Å². The molecule has 4 rings (SSSR count). The summed E-state index contributed by atoms with van der Waals surface area (Å²) in [5, 5.41) is 10.2. The molecule has 5 heteroatoms. The summed E-state index contributed by atoms with van der Waals surface area (Å²) in [6.07, 6.45) is 7.96. The summed E-state index contributed by atoms with van der Waals surface area (Å²) in [7, 11) is 0. The van der Waals surface area contributed by atoms with Crippen LogP contribution < -0.4 is 4.74 Å². The normalized spacial score (nSPS) is 23.9. The Bertz CT molecular complexity index is 837. The molecular formula is C24H32N2O3. The third kappa shape index (κ3) is 5.08. The third-order valence-corrected chi connectivity index (χ3v) is 6.71. The average Bonchev–Trinajstić information content (AvgIpc) is 2.75. The molecule has 0 spiro atoms. The topological polar surface area (TPSA) is 62.7 Å². The summed E-state index contributed by atoms with van der Waals surface area (Å²) in [6.45, 7) is 4.71. The molecule has 1 N–H and O–H groups in total. The van der Waals surface area contributed by atoms with Crippen LogP contribution in [0.1, 0.15) is 57.6 Å². The van der Waals surface area contributed by atoms with E-state index >= 15 is 0 Å². The molecule has 0 bridgehead atoms. The highest BCUT2D eigenvalue weighted by Gasteiger charge is 2.24. The second kappa shape index (κ2) is 9.12. The number of ether oxygens (including phenoxy) is 1. The van der Waals surface area contributed by atoms with Gasteiger partial charge in [-0.15, -0.1) is 0 Å². The smallest absolute Gasteiger partial charge is 0.306 e. The molecule has 0 atom stereocenters. The monoisotopic (exact) mass is 396 g/mol. The molecule has 1 aliphatic carbocycles. The SMILES string of the molecule is CC[C@H]1CC[C@@H](Oc2ccc3nc(CN4CCC(C(=O)O)CC4)ccc3c2)CC1. The molecule has 1 saturated heterocycles. The van der Waals surface area contributed by atoms with Crippen molar-refractivity contribution in [1.82, 2.24) is 9.88 Å². The predicted molar refractivity (Wildman–Crippen MR) is 114 cm³/mol. The number of aromatic nitrogens is 1. The summed E-state index contributed by atoms with van der Waals surface area (Å²) in [6, 6.07) is 10.4. The zero-order valence-corrected chi connectivity index (χ0v) is 17.3. The second-order valence-corrected chi connectivity index (χ2v) is 8.71. The number of piperidine rings is 1. The van der Waals surface area contributed by atoms with E-state index in [0.717, 1.165) is 73.6 Å². The van der Waals surface area contributed by atoms with Gasteiger partial charge in [-0.3, -0.25) is 14.7 Å². The fourth-order valence-corrected chi connectivity index (χ4v) is 4.72. The maximum absolute atomic E-state index is 11.1. The van der Waals surface area contributed by atoms with E-state index in [1.807, 2.05) is 6.07 Å². The zero-order chi connectivity index (χ0) is 20.2. The number of nitrogens with zero attached hydrogens (tertiary/aromatic N) is 2. The lowest BCUT2D eigenvalue weighted by atomic mass is 9.86. The number of pyridine rings is 1. The van der Waals surface area contributed by atoms with Gasteiger partial charge in [-0.2, -0.15) is 0 Å². The van der Waals surface area contributed by atoms with E-state index in [9.17, 15) is 4.79 Å². The van der Waals surface area contributed by atoms with Gasteiger partial charge in [0.2, 0.25) is 0 Å². The lowest BCUT2D eigenvalue weighted by Crippen LogP contribution is -2.36. The lowest BCUT2D eigenvalue weighted by molar-refractivity contribution is -0.143. The largest absolute Gasteiger partial charge is 0.490 e. The third-order valence-electron chi connectivity index (χ3n) is 6.71. The Morgan fingerprint density at radius 1 is 1.10 bits per heavy atom. The van der Waals surface area contributed by atoms with Crippen molar-refractivity contribution >= 4 is 16.9 Å². The maximum Gasteiger partial charge on any atom is 0.306 e. The molecule has 1 aliphatic heterocycles. The van der Waals surface area contributed by atoms with Crippen molar-refractivity contribution in [2.45, 2.75) is 64.5 Å². The van der Waals surface area contributed by atoms with Crippen molar-refractivity contribution in [3.8, 4) is 5.75 Å². The van der Waals surface area contributed by atoms with Gasteiger partial charge in [-0.25, -0.2) is 0 Å². The summed E-state index contributed by atoms with van der Waals surface area (Å²) in [5.74, 6) is 0.975. The minimum Gasteiger partial charge on any atom is -0.490 e. The van der Waals surface area contributed by atoms with Gasteiger partial charge in [0.05, 0.1) is 23.2 Å². The fraction of sp³-hybridized carbons (Fsp3) is 0.583. The van der Waals surface area contributed by atoms with Crippen LogP contribution in [0, 0.1) is 11.8 Å². The Balaban J connectivity index is 1.35. The molecule has 156 valence electrons. The highest BCUT2D eigenvalue weighted by Crippen LogP contribution is 2.30. The number of likely N-dealkylation sites (tertiary alicyclic amines) is 1. The molecule has 2 aromatic rings. The Morgan fingerprint density at radius 3 is 2.55 bits per heavy atom. The minimum absolute atomic E-state index is 0.189. The maximum atomic E-state index is 11.1. The highest BCUT2D eigenvalue weighted by molar-refractivity contribution is 5.80. The molecule has 5 nitrogen and oxygen atoms in total. The number of benzene rings is 1. The second-order valence-electron chi connectivity index (χ2n) is 8.71. The Hall–Kier alpha value is -2.14. The zero-order valence-electron chi connectivity index (χ0n) is 17.3. The first-order chi connectivity index (χ1) is 14.1. The summed E-state index contributed by atoms with van der Waals surface area (Å²) >= 11 is 0. The van der Waals surface area contributed by atoms with Crippen LogP contribution in [-0.4, -0.2) is 40.2 Å². The first-order valence-electron chi connectivity index (χ1n) is 11.1. The van der Waals surface area contributed by atoms with Crippen molar-refractivity contribution in [1.29, 1.82) is 0 Å². The van der Waals surface area contributed by atoms with Crippen LogP contribution in [-0.2, 0) is 11.3 Å². The van der Waals surface area contributed by atoms with E-state index in [2.05, 4.69) is 36.1 Å². The van der Waals surface area contributed by atoms with E-state index in [0.29, 0.717) is 6.10 Å². The first kappa shape index (κ1) is 20.1. The molecular weight excluding hydrogens is 364 g/mol. The fourth-order valence-electron chi connectivity index (χ4n) is 4.72. The van der Waals surface area contributed by atoms with Gasteiger partial charge in [-0.05, 0) is 81.8 Å². The molecule has 2 aliphatic rings. The van der Waals surface area contributed by atoms with Crippen LogP contribution in [0.25, 0.3) is 10.9 Å². The van der Waals surface area contributed by atoms with Gasteiger partial charge in [0.15, 0.2) is 0 Å². The van der Waals surface area contributed by atoms with Crippen molar-refractivity contribution in [2.75, 3.05) is 13.1 Å². The van der Waals surface area contributed by atoms with Crippen LogP contribution in [0.4, 0.5) is 0 Å². The van der Waals surface area contributed by atoms with Gasteiger partial charge in [0, 0.05) is 11.9 Å². The number of hydrogen-bond donors (Lipinski definition) is 1. The molecule has 2 heterocycles. The molecule has 0 radical (unpaired) electrons. The first-order valence-corrected chi connectivity index (χ1v) is 11.1. The Labute approximate surface area is 173 Å². The van der Waals surface area contributed by atoms with Gasteiger partial charge >= 0.3 is 5.97 Å². The molecule has 2 fully saturated rings. The van der Waals surface area contributed by atoms with Crippen molar-refractivity contribution in [3.63, 3.8) is 0 Å². The van der Waals surface area contributed by atoms with E-state index in [-0.39, 0.29) is 5.92 Å². The van der Waals surface area contributed by atoms with E-state index in [1.165, 1.54) is 19.3 Å². The molecule has 0 amide bonds. The van der Waals surface area contributed by atoms with Gasteiger partial charge in [0.1, 0.15) is 5.75 Å². The number of carbonyl (C=O) groups is 1. The highest BCUT2D eigenvalue weighted by atomic mass is 16.5. The number of rotatable bonds is 6. The van der Waals surface area contributed by atoms with Gasteiger partial charge < -0.3 is 9.84 Å². The number of carboxylic acid groups (broad SMARTS) is 1. The molecule has 0 unspecified atom stereocenters. The van der Waals surface area contributed by atoms with Crippen molar-refractivity contribution in [3.05, 3.63) is 36.0 Å². The van der Waals surface area contributed by atoms with E-state index < -0.39 is 5.97 Å². The summed E-state index contributed by atoms with van der Waals surface area (Å²) in [4.78, 5) is 18.2. The Kier molecular flexibility index (Phi) is 6.34. The van der Waals surface area contributed by atoms with Crippen LogP contribution in [0.5, 0.6) is 5.75 Å². The number of aliphatic carboxylic acids is 1. The van der Waals surface area contributed by atoms with Crippen LogP contribution in [0.2, 0.25) is 0 Å². The Morgan fingerprint density at radius 2 is 1.86 bits per heavy atom. The standard InChI is InChI=1S/C24H32N2O3/c1-2-17-3-7-21(8-4-17)29-22-9-10-23-19(15-22)5-6-20(25-23)16-26-13-11-18(12-14-26)24(27)28/h5-6,9-10,15,17-18,21H,2-4,7-8,11-14,16H2,1H3,(H,27,28)/t17-,21+. The molecule has 1 saturated carbocycles. The van der Waals surface area contributed by atoms with Gasteiger partial charge in [-0.1, -0.05) is 19.4 Å². The molecule has 29 heavy (non-hydrogen) atoms. The summed E-state index contributed by atoms with van der Waals surface area (Å²) < 4.78 is 6.25. The van der Waals surface area contributed by atoms with Gasteiger partial charge in [0.25, 0.3) is 0 Å². The van der Waals surface area contributed by atoms with E-state index in [4.69, 9.17) is 14.8 Å². The summed E-state index contributed by atoms with van der Waals surface area (Å²) in [5.41, 5.74) is 2.03. The predicted octanol–water partition coefficient (Wildman–Crippen LogP) is 4.88.